The van der Waals surface area contributed by atoms with Crippen LogP contribution in [0.5, 0.6) is 11.5 Å². The van der Waals surface area contributed by atoms with Crippen LogP contribution in [0.3, 0.4) is 0 Å². The minimum atomic E-state index is -1.01. The van der Waals surface area contributed by atoms with Gasteiger partial charge in [0.15, 0.2) is 11.2 Å². The molecule has 5 atom stereocenters. The first-order chi connectivity index (χ1) is 25.8. The van der Waals surface area contributed by atoms with E-state index in [0.717, 1.165) is 0 Å². The molecule has 0 heterocycles. The van der Waals surface area contributed by atoms with Gasteiger partial charge < -0.3 is 35.6 Å². The predicted molar refractivity (Wildman–Crippen MR) is 203 cm³/mol. The Bertz CT molecular complexity index is 2610. The molecule has 12 nitrogen and oxygen atoms in total. The second kappa shape index (κ2) is 12.9. The number of anilines is 1. The Kier molecular flexibility index (Phi) is 8.53. The van der Waals surface area contributed by atoms with Crippen molar-refractivity contribution in [3.63, 3.8) is 0 Å². The van der Waals surface area contributed by atoms with Gasteiger partial charge in [0.05, 0.1) is 48.8 Å². The third kappa shape index (κ3) is 4.92. The van der Waals surface area contributed by atoms with Crippen LogP contribution in [0, 0.1) is 17.8 Å². The van der Waals surface area contributed by atoms with Gasteiger partial charge in [0.1, 0.15) is 11.5 Å². The van der Waals surface area contributed by atoms with Crippen LogP contribution in [-0.4, -0.2) is 56.4 Å². The highest BCUT2D eigenvalue weighted by molar-refractivity contribution is 6.39. The Morgan fingerprint density at radius 1 is 0.815 bits per heavy atom. The molecule has 0 aromatic heterocycles. The van der Waals surface area contributed by atoms with Crippen molar-refractivity contribution in [2.24, 2.45) is 17.8 Å². The summed E-state index contributed by atoms with van der Waals surface area (Å²) >= 11 is 0. The second-order valence-electron chi connectivity index (χ2n) is 15.3. The number of aliphatic carboxylic acids is 2. The quantitative estimate of drug-likeness (QED) is 0.0788. The van der Waals surface area contributed by atoms with Crippen LogP contribution in [0.15, 0.2) is 27.3 Å². The number of ketones is 1. The summed E-state index contributed by atoms with van der Waals surface area (Å²) in [7, 11) is 1.34. The largest absolute Gasteiger partial charge is 0.507 e. The summed E-state index contributed by atoms with van der Waals surface area (Å²) in [4.78, 5) is 67.5. The van der Waals surface area contributed by atoms with Crippen LogP contribution in [0.4, 0.5) is 5.69 Å². The van der Waals surface area contributed by atoms with Gasteiger partial charge in [-0.1, -0.05) is 24.5 Å². The van der Waals surface area contributed by atoms with Crippen molar-refractivity contribution < 1.29 is 44.7 Å². The number of aromatic hydroxyl groups is 1. The molecule has 6 N–H and O–H groups in total. The highest BCUT2D eigenvalue weighted by Gasteiger charge is 2.40. The summed E-state index contributed by atoms with van der Waals surface area (Å²) in [6.07, 6.45) is 5.24. The van der Waals surface area contributed by atoms with E-state index in [2.05, 4.69) is 5.32 Å². The van der Waals surface area contributed by atoms with Crippen molar-refractivity contribution >= 4 is 72.6 Å². The zero-order valence-corrected chi connectivity index (χ0v) is 30.2. The number of allylic oxidation sites excluding steroid dienone is 1. The average molecular weight is 736 g/mol. The second-order valence-corrected chi connectivity index (χ2v) is 15.3. The predicted octanol–water partition coefficient (Wildman–Crippen LogP) is 5.39. The number of carbonyl (C=O) groups is 3. The maximum absolute atomic E-state index is 14.9. The number of aliphatic hydroxyl groups excluding tert-OH is 2. The number of ether oxygens (including phenoxy) is 1. The fourth-order valence-corrected chi connectivity index (χ4v) is 10.3. The molecule has 280 valence electrons. The summed E-state index contributed by atoms with van der Waals surface area (Å²) in [5, 5.41) is 59.8. The highest BCUT2D eigenvalue weighted by Crippen LogP contribution is 2.55. The summed E-state index contributed by atoms with van der Waals surface area (Å²) in [6, 6.07) is 2.29. The number of phenolic OH excluding ortho intramolecular Hbond substituents is 1. The van der Waals surface area contributed by atoms with Gasteiger partial charge >= 0.3 is 11.9 Å². The number of benzene rings is 5. The maximum Gasteiger partial charge on any atom is 0.308 e. The summed E-state index contributed by atoms with van der Waals surface area (Å²) in [5.41, 5.74) is 1.25. The fraction of sp³-hybridized carbons (Fsp3) is 0.405. The molecule has 0 amide bonds. The number of hydrogen-bond donors (Lipinski definition) is 6. The van der Waals surface area contributed by atoms with Gasteiger partial charge in [0, 0.05) is 33.6 Å². The Hall–Kier alpha value is -5.33. The third-order valence-corrected chi connectivity index (χ3v) is 12.5. The molecule has 0 aliphatic heterocycles. The van der Waals surface area contributed by atoms with Gasteiger partial charge in [0.2, 0.25) is 5.43 Å². The SMILES string of the molecule is COc1c2c3c4c(c(CC5CCCC5C(=O)O)c(O)c5c(=O)cc(CO)c(c6c(CO)cc(NC7CCCC7C(=O)O)c(c1=O)c63)c54)C=C(C)C2C(C)=O. The lowest BCUT2D eigenvalue weighted by Gasteiger charge is -2.27. The lowest BCUT2D eigenvalue weighted by Crippen LogP contribution is -2.30. The molecule has 3 aliphatic carbocycles. The van der Waals surface area contributed by atoms with E-state index in [0.29, 0.717) is 87.7 Å². The van der Waals surface area contributed by atoms with Gasteiger partial charge in [-0.3, -0.25) is 24.0 Å². The molecular formula is C42H41NO11. The van der Waals surface area contributed by atoms with Gasteiger partial charge in [0.25, 0.3) is 0 Å². The summed E-state index contributed by atoms with van der Waals surface area (Å²) < 4.78 is 5.91. The number of hydrogen-bond acceptors (Lipinski definition) is 10. The van der Waals surface area contributed by atoms with Crippen LogP contribution in [-0.2, 0) is 34.0 Å². The Morgan fingerprint density at radius 3 is 2.07 bits per heavy atom. The fourth-order valence-electron chi connectivity index (χ4n) is 10.3. The average Bonchev–Trinajstić information content (AvgIpc) is 3.77. The van der Waals surface area contributed by atoms with E-state index in [-0.39, 0.29) is 62.6 Å². The minimum Gasteiger partial charge on any atom is -0.507 e. The topological polar surface area (TPSA) is 208 Å². The zero-order chi connectivity index (χ0) is 38.5. The standard InChI is InChI=1S/C42H41NO11/c1-16-10-23-24(11-18-6-4-7-21(18)41(50)51)38(48)33-27(47)13-20(15-45)30-29-19(14-44)12-26(43-25-9-5-8-22(25)42(52)53)32-35(29)36(31(23)34(30)33)37(28(16)17(2)46)40(54-3)39(32)49/h10,12-13,18,21-22,25,28,43-45,48H,4-9,11,14-15H2,1-3H3,(H,50,51)(H,52,53). The normalized spacial score (nSPS) is 22.5. The Labute approximate surface area is 308 Å². The molecule has 12 heteroatoms. The summed E-state index contributed by atoms with van der Waals surface area (Å²) in [5.74, 6) is -5.42. The smallest absolute Gasteiger partial charge is 0.308 e. The van der Waals surface area contributed by atoms with Gasteiger partial charge in [-0.15, -0.1) is 0 Å². The number of phenols is 1. The van der Waals surface area contributed by atoms with Crippen molar-refractivity contribution in [1.29, 1.82) is 0 Å². The van der Waals surface area contributed by atoms with Crippen molar-refractivity contribution in [3.8, 4) is 11.5 Å². The number of rotatable bonds is 10. The van der Waals surface area contributed by atoms with Crippen LogP contribution in [0.1, 0.15) is 86.1 Å². The minimum absolute atomic E-state index is 0.0515. The first-order valence-corrected chi connectivity index (χ1v) is 18.4. The molecule has 2 fully saturated rings. The Morgan fingerprint density at radius 2 is 1.44 bits per heavy atom. The molecule has 0 saturated heterocycles. The van der Waals surface area contributed by atoms with Crippen LogP contribution >= 0.6 is 0 Å². The maximum atomic E-state index is 14.9. The molecule has 5 aromatic rings. The van der Waals surface area contributed by atoms with E-state index in [1.807, 2.05) is 0 Å². The molecule has 0 bridgehead atoms. The lowest BCUT2D eigenvalue weighted by molar-refractivity contribution is -0.143. The zero-order valence-electron chi connectivity index (χ0n) is 30.2. The number of Topliss-reactive ketones (excluding diaryl/α,β-unsaturated/α-hetero) is 1. The van der Waals surface area contributed by atoms with E-state index in [9.17, 15) is 49.5 Å². The van der Waals surface area contributed by atoms with Crippen LogP contribution in [0.2, 0.25) is 0 Å². The summed E-state index contributed by atoms with van der Waals surface area (Å²) in [6.45, 7) is 2.00. The molecule has 5 aromatic carbocycles. The number of carboxylic acids is 2. The molecule has 8 rings (SSSR count). The van der Waals surface area contributed by atoms with E-state index in [1.54, 1.807) is 19.1 Å². The van der Waals surface area contributed by atoms with Gasteiger partial charge in [-0.2, -0.15) is 0 Å². The third-order valence-electron chi connectivity index (χ3n) is 12.5. The van der Waals surface area contributed by atoms with E-state index < -0.39 is 59.8 Å². The molecular weight excluding hydrogens is 694 g/mol. The molecule has 0 radical (unpaired) electrons. The molecule has 3 aliphatic rings. The van der Waals surface area contributed by atoms with Crippen molar-refractivity contribution in [3.05, 3.63) is 66.0 Å². The van der Waals surface area contributed by atoms with Gasteiger partial charge in [-0.05, 0) is 102 Å². The van der Waals surface area contributed by atoms with E-state index in [1.165, 1.54) is 20.1 Å². The van der Waals surface area contributed by atoms with E-state index >= 15 is 0 Å². The number of carboxylic acid groups (broad SMARTS) is 2. The molecule has 2 saturated carbocycles. The van der Waals surface area contributed by atoms with Crippen LogP contribution in [0.25, 0.3) is 49.2 Å². The number of fused-ring (bicyclic) bond motifs is 1. The first-order valence-electron chi connectivity index (χ1n) is 18.4. The Balaban J connectivity index is 1.65. The first kappa shape index (κ1) is 35.7. The highest BCUT2D eigenvalue weighted by atomic mass is 16.5. The van der Waals surface area contributed by atoms with Crippen molar-refractivity contribution in [2.45, 2.75) is 84.0 Å². The van der Waals surface area contributed by atoms with Gasteiger partial charge in [-0.25, -0.2) is 0 Å². The molecule has 54 heavy (non-hydrogen) atoms. The van der Waals surface area contributed by atoms with E-state index in [4.69, 9.17) is 4.74 Å². The number of nitrogens with one attached hydrogen (secondary N) is 1. The van der Waals surface area contributed by atoms with Crippen LogP contribution < -0.4 is 20.9 Å². The lowest BCUT2D eigenvalue weighted by atomic mass is 9.78. The monoisotopic (exact) mass is 735 g/mol. The van der Waals surface area contributed by atoms with Crippen molar-refractivity contribution in [2.75, 3.05) is 12.4 Å². The molecule has 0 spiro atoms. The number of methoxy groups -OCH3 is 1. The number of aliphatic hydroxyl groups is 2. The number of carbonyl (C=O) groups excluding carboxylic acids is 1. The van der Waals surface area contributed by atoms with Crippen molar-refractivity contribution in [1.82, 2.24) is 0 Å². The molecule has 5 unspecified atom stereocenters.